The van der Waals surface area contributed by atoms with Crippen LogP contribution in [0, 0.1) is 0 Å². The topological polar surface area (TPSA) is 52.6 Å². The quantitative estimate of drug-likeness (QED) is 0.357. The van der Waals surface area contributed by atoms with Crippen molar-refractivity contribution in [3.8, 4) is 5.75 Å². The Balaban J connectivity index is 0.00000529. The van der Waals surface area contributed by atoms with Crippen molar-refractivity contribution in [1.82, 2.24) is 0 Å². The minimum atomic E-state index is -3.94. The summed E-state index contributed by atoms with van der Waals surface area (Å²) in [6.45, 7) is 2.42. The Bertz CT molecular complexity index is 491. The zero-order valence-corrected chi connectivity index (χ0v) is 15.0. The summed E-state index contributed by atoms with van der Waals surface area (Å²) in [6.07, 6.45) is 12.0. The molecule has 0 atom stereocenters. The Morgan fingerprint density at radius 3 is 1.83 bits per heavy atom. The zero-order chi connectivity index (χ0) is 16.8. The summed E-state index contributed by atoms with van der Waals surface area (Å²) in [6, 6.07) is 8.40. The number of benzene rings is 1. The van der Waals surface area contributed by atoms with Gasteiger partial charge in [0.2, 0.25) is 0 Å². The molecule has 134 valence electrons. The molecule has 0 aliphatic rings. The van der Waals surface area contributed by atoms with Crippen LogP contribution in [-0.4, -0.2) is 44.6 Å². The van der Waals surface area contributed by atoms with Gasteiger partial charge in [-0.1, -0.05) is 82.9 Å². The summed E-state index contributed by atoms with van der Waals surface area (Å²) in [5.74, 6) is 0.274. The first-order valence-corrected chi connectivity index (χ1v) is 10.1. The van der Waals surface area contributed by atoms with Gasteiger partial charge in [0, 0.05) is 0 Å². The van der Waals surface area contributed by atoms with E-state index in [4.69, 9.17) is 8.37 Å². The van der Waals surface area contributed by atoms with E-state index in [-0.39, 0.29) is 41.9 Å². The van der Waals surface area contributed by atoms with Crippen LogP contribution >= 0.6 is 0 Å². The van der Waals surface area contributed by atoms with Crippen molar-refractivity contribution in [3.05, 3.63) is 30.3 Å². The molecule has 0 heterocycles. The first-order valence-electron chi connectivity index (χ1n) is 8.78. The van der Waals surface area contributed by atoms with Gasteiger partial charge in [0.1, 0.15) is 5.75 Å². The van der Waals surface area contributed by atoms with Crippen LogP contribution in [0.3, 0.4) is 0 Å². The normalized spacial score (nSPS) is 11.0. The van der Waals surface area contributed by atoms with E-state index in [1.807, 2.05) is 0 Å². The van der Waals surface area contributed by atoms with Crippen molar-refractivity contribution in [2.75, 3.05) is 6.61 Å². The summed E-state index contributed by atoms with van der Waals surface area (Å²) in [5, 5.41) is 0. The van der Waals surface area contributed by atoms with E-state index in [1.54, 1.807) is 30.3 Å². The van der Waals surface area contributed by atoms with Gasteiger partial charge in [0.15, 0.2) is 0 Å². The Labute approximate surface area is 169 Å². The molecule has 0 aliphatic heterocycles. The summed E-state index contributed by atoms with van der Waals surface area (Å²) < 4.78 is 32.9. The zero-order valence-electron chi connectivity index (χ0n) is 14.2. The Kier molecular flexibility index (Phi) is 15.2. The van der Waals surface area contributed by atoms with Crippen molar-refractivity contribution >= 4 is 40.0 Å². The van der Waals surface area contributed by atoms with Gasteiger partial charge < -0.3 is 4.18 Å². The molecule has 0 unspecified atom stereocenters. The van der Waals surface area contributed by atoms with Crippen LogP contribution in [0.25, 0.3) is 0 Å². The fourth-order valence-electron chi connectivity index (χ4n) is 2.37. The van der Waals surface area contributed by atoms with Crippen molar-refractivity contribution in [1.29, 1.82) is 0 Å². The van der Waals surface area contributed by atoms with Crippen molar-refractivity contribution in [2.45, 2.75) is 71.1 Å². The predicted molar refractivity (Wildman–Crippen MR) is 101 cm³/mol. The van der Waals surface area contributed by atoms with Crippen LogP contribution in [0.5, 0.6) is 5.75 Å². The Hall–Kier alpha value is -0.0700. The fraction of sp³-hybridized carbons (Fsp3) is 0.667. The first-order chi connectivity index (χ1) is 11.1. The van der Waals surface area contributed by atoms with Gasteiger partial charge in [-0.25, -0.2) is 4.18 Å². The van der Waals surface area contributed by atoms with Crippen molar-refractivity contribution in [3.63, 3.8) is 0 Å². The summed E-state index contributed by atoms with van der Waals surface area (Å²) in [4.78, 5) is 0. The molecular weight excluding hydrogens is 335 g/mol. The van der Waals surface area contributed by atoms with Crippen LogP contribution in [0.1, 0.15) is 71.1 Å². The van der Waals surface area contributed by atoms with Crippen LogP contribution in [0.15, 0.2) is 30.3 Å². The molecule has 6 heteroatoms. The van der Waals surface area contributed by atoms with E-state index in [0.717, 1.165) is 19.3 Å². The van der Waals surface area contributed by atoms with E-state index in [1.165, 1.54) is 44.9 Å². The maximum atomic E-state index is 11.6. The number of rotatable bonds is 14. The Morgan fingerprint density at radius 2 is 1.29 bits per heavy atom. The van der Waals surface area contributed by atoms with Crippen LogP contribution < -0.4 is 4.18 Å². The number of hydrogen-bond acceptors (Lipinski definition) is 4. The molecule has 0 spiro atoms. The molecule has 0 saturated carbocycles. The van der Waals surface area contributed by atoms with Crippen molar-refractivity contribution in [2.24, 2.45) is 0 Å². The van der Waals surface area contributed by atoms with Gasteiger partial charge in [0.05, 0.1) is 6.61 Å². The second-order valence-corrected chi connectivity index (χ2v) is 7.03. The molecule has 0 bridgehead atoms. The number of hydrogen-bond donors (Lipinski definition) is 0. The van der Waals surface area contributed by atoms with Gasteiger partial charge in [-0.3, -0.25) is 0 Å². The maximum absolute atomic E-state index is 11.6. The molecular formula is C18H31NaO4S. The summed E-state index contributed by atoms with van der Waals surface area (Å²) in [5.41, 5.74) is 0. The van der Waals surface area contributed by atoms with Gasteiger partial charge in [-0.15, -0.1) is 0 Å². The molecule has 0 saturated heterocycles. The average molecular weight is 366 g/mol. The first kappa shape index (κ1) is 23.9. The molecule has 0 N–H and O–H groups in total. The molecule has 0 aliphatic carbocycles. The summed E-state index contributed by atoms with van der Waals surface area (Å²) >= 11 is 0. The third-order valence-corrected chi connectivity index (χ3v) is 4.52. The van der Waals surface area contributed by atoms with Gasteiger partial charge >= 0.3 is 40.0 Å². The number of unbranched alkanes of at least 4 members (excludes halogenated alkanes) is 9. The molecule has 1 rings (SSSR count). The molecule has 0 aromatic heterocycles. The minimum absolute atomic E-state index is 0. The van der Waals surface area contributed by atoms with Gasteiger partial charge in [-0.05, 0) is 18.6 Å². The van der Waals surface area contributed by atoms with Gasteiger partial charge in [0.25, 0.3) is 0 Å². The molecule has 24 heavy (non-hydrogen) atoms. The molecule has 1 aromatic carbocycles. The summed E-state index contributed by atoms with van der Waals surface area (Å²) in [7, 11) is -3.94. The molecule has 4 nitrogen and oxygen atoms in total. The SMILES string of the molecule is CCCCCCCCCCCCOS(=O)(=O)Oc1ccccc1.[NaH]. The van der Waals surface area contributed by atoms with E-state index in [0.29, 0.717) is 0 Å². The molecule has 0 fully saturated rings. The standard InChI is InChI=1S/C18H30O4S.Na.H/c1-2-3-4-5-6-7-8-9-10-14-17-21-23(19,20)22-18-15-12-11-13-16-18;;/h11-13,15-16H,2-10,14,17H2,1H3;;. The second-order valence-electron chi connectivity index (χ2n) is 5.81. The van der Waals surface area contributed by atoms with E-state index in [9.17, 15) is 8.42 Å². The predicted octanol–water partition coefficient (Wildman–Crippen LogP) is 4.60. The fourth-order valence-corrected chi connectivity index (χ4v) is 3.09. The van der Waals surface area contributed by atoms with Gasteiger partial charge in [-0.2, -0.15) is 8.42 Å². The molecule has 0 amide bonds. The van der Waals surface area contributed by atoms with Crippen molar-refractivity contribution < 1.29 is 16.8 Å². The second kappa shape index (κ2) is 15.2. The monoisotopic (exact) mass is 366 g/mol. The van der Waals surface area contributed by atoms with Crippen LogP contribution in [0.4, 0.5) is 0 Å². The Morgan fingerprint density at radius 1 is 0.792 bits per heavy atom. The van der Waals surface area contributed by atoms with Crippen LogP contribution in [-0.2, 0) is 14.6 Å². The van der Waals surface area contributed by atoms with E-state index < -0.39 is 10.4 Å². The number of para-hydroxylation sites is 1. The third-order valence-electron chi connectivity index (χ3n) is 3.67. The van der Waals surface area contributed by atoms with E-state index >= 15 is 0 Å². The van der Waals surface area contributed by atoms with Crippen LogP contribution in [0.2, 0.25) is 0 Å². The molecule has 1 aromatic rings. The third kappa shape index (κ3) is 13.2. The molecule has 0 radical (unpaired) electrons. The van der Waals surface area contributed by atoms with E-state index in [2.05, 4.69) is 6.92 Å². The average Bonchev–Trinajstić information content (AvgIpc) is 2.53.